The zero-order valence-corrected chi connectivity index (χ0v) is 14.8. The van der Waals surface area contributed by atoms with E-state index in [1.807, 2.05) is 54.0 Å². The predicted octanol–water partition coefficient (Wildman–Crippen LogP) is 5.15. The van der Waals surface area contributed by atoms with Crippen molar-refractivity contribution in [1.82, 2.24) is 4.57 Å². The molecule has 0 unspecified atom stereocenters. The van der Waals surface area contributed by atoms with Gasteiger partial charge in [0.1, 0.15) is 5.69 Å². The first-order valence-corrected chi connectivity index (χ1v) is 8.62. The number of benzene rings is 2. The number of aryl methyl sites for hydroxylation is 2. The van der Waals surface area contributed by atoms with Crippen LogP contribution < -0.4 is 5.32 Å². The minimum Gasteiger partial charge on any atom is -0.463 e. The topological polar surface area (TPSA) is 47.2 Å². The van der Waals surface area contributed by atoms with Crippen LogP contribution in [-0.2, 0) is 6.54 Å². The van der Waals surface area contributed by atoms with Crippen molar-refractivity contribution in [2.75, 3.05) is 5.32 Å². The Kier molecular flexibility index (Phi) is 4.09. The van der Waals surface area contributed by atoms with Gasteiger partial charge >= 0.3 is 0 Å². The number of fused-ring (bicyclic) bond motifs is 1. The summed E-state index contributed by atoms with van der Waals surface area (Å²) in [7, 11) is 0. The van der Waals surface area contributed by atoms with E-state index in [2.05, 4.69) is 24.4 Å². The average Bonchev–Trinajstić information content (AvgIpc) is 3.21. The molecule has 2 aromatic heterocycles. The minimum atomic E-state index is -0.140. The van der Waals surface area contributed by atoms with Crippen molar-refractivity contribution in [3.05, 3.63) is 89.3 Å². The fourth-order valence-electron chi connectivity index (χ4n) is 3.19. The van der Waals surface area contributed by atoms with Crippen LogP contribution in [0.5, 0.6) is 0 Å². The van der Waals surface area contributed by atoms with E-state index in [4.69, 9.17) is 4.42 Å². The molecule has 0 atom stereocenters. The van der Waals surface area contributed by atoms with Gasteiger partial charge in [-0.2, -0.15) is 0 Å². The molecule has 0 saturated carbocycles. The molecule has 2 aromatic carbocycles. The number of amides is 1. The maximum atomic E-state index is 13.0. The lowest BCUT2D eigenvalue weighted by molar-refractivity contribution is 0.101. The van der Waals surface area contributed by atoms with Crippen LogP contribution in [-0.4, -0.2) is 10.5 Å². The standard InChI is InChI=1S/C22H20N2O2/c1-15-7-3-5-9-17(15)14-24-19-11-12-26-21(19)13-20(24)22(25)23-18-10-6-4-8-16(18)2/h3-13H,14H2,1-2H3,(H,23,25). The molecule has 4 rings (SSSR count). The lowest BCUT2D eigenvalue weighted by atomic mass is 10.1. The Bertz CT molecular complexity index is 1090. The quantitative estimate of drug-likeness (QED) is 0.556. The van der Waals surface area contributed by atoms with Gasteiger partial charge in [0.05, 0.1) is 11.8 Å². The summed E-state index contributed by atoms with van der Waals surface area (Å²) in [6.45, 7) is 4.68. The molecule has 130 valence electrons. The third-order valence-electron chi connectivity index (χ3n) is 4.74. The maximum absolute atomic E-state index is 13.0. The summed E-state index contributed by atoms with van der Waals surface area (Å²) < 4.78 is 7.54. The normalized spacial score (nSPS) is 11.0. The Morgan fingerprint density at radius 2 is 1.73 bits per heavy atom. The Balaban J connectivity index is 1.73. The highest BCUT2D eigenvalue weighted by Crippen LogP contribution is 2.24. The van der Waals surface area contributed by atoms with Gasteiger partial charge in [-0.3, -0.25) is 4.79 Å². The number of para-hydroxylation sites is 1. The summed E-state index contributed by atoms with van der Waals surface area (Å²) in [4.78, 5) is 13.0. The van der Waals surface area contributed by atoms with Crippen molar-refractivity contribution >= 4 is 22.7 Å². The molecule has 1 amide bonds. The van der Waals surface area contributed by atoms with Gasteiger partial charge in [0.2, 0.25) is 0 Å². The molecule has 2 heterocycles. The van der Waals surface area contributed by atoms with Gasteiger partial charge in [-0.1, -0.05) is 42.5 Å². The Labute approximate surface area is 152 Å². The molecule has 0 bridgehead atoms. The SMILES string of the molecule is Cc1ccccc1Cn1c(C(=O)Nc2ccccc2C)cc2occc21. The Morgan fingerprint density at radius 1 is 1.00 bits per heavy atom. The van der Waals surface area contributed by atoms with E-state index >= 15 is 0 Å². The third-order valence-corrected chi connectivity index (χ3v) is 4.74. The zero-order valence-electron chi connectivity index (χ0n) is 14.8. The van der Waals surface area contributed by atoms with Gasteiger partial charge in [0.25, 0.3) is 5.91 Å². The van der Waals surface area contributed by atoms with E-state index in [1.54, 1.807) is 12.3 Å². The lowest BCUT2D eigenvalue weighted by Gasteiger charge is -2.13. The summed E-state index contributed by atoms with van der Waals surface area (Å²) >= 11 is 0. The number of carbonyl (C=O) groups is 1. The average molecular weight is 344 g/mol. The molecule has 26 heavy (non-hydrogen) atoms. The zero-order chi connectivity index (χ0) is 18.1. The van der Waals surface area contributed by atoms with Crippen molar-refractivity contribution in [3.8, 4) is 0 Å². The maximum Gasteiger partial charge on any atom is 0.272 e. The van der Waals surface area contributed by atoms with Crippen LogP contribution in [0.4, 0.5) is 5.69 Å². The molecular weight excluding hydrogens is 324 g/mol. The van der Waals surface area contributed by atoms with E-state index in [1.165, 1.54) is 11.1 Å². The molecule has 0 saturated heterocycles. The highest BCUT2D eigenvalue weighted by molar-refractivity contribution is 6.06. The molecule has 1 N–H and O–H groups in total. The van der Waals surface area contributed by atoms with E-state index in [0.717, 1.165) is 16.8 Å². The van der Waals surface area contributed by atoms with E-state index in [9.17, 15) is 4.79 Å². The number of nitrogens with one attached hydrogen (secondary N) is 1. The molecule has 0 aliphatic rings. The van der Waals surface area contributed by atoms with Crippen molar-refractivity contribution in [2.45, 2.75) is 20.4 Å². The number of anilines is 1. The molecule has 0 radical (unpaired) electrons. The van der Waals surface area contributed by atoms with Gasteiger partial charge in [0, 0.05) is 24.4 Å². The summed E-state index contributed by atoms with van der Waals surface area (Å²) in [5.74, 6) is -0.140. The number of aromatic nitrogens is 1. The first kappa shape index (κ1) is 16.2. The van der Waals surface area contributed by atoms with Crippen LogP contribution in [0.2, 0.25) is 0 Å². The van der Waals surface area contributed by atoms with Crippen molar-refractivity contribution in [3.63, 3.8) is 0 Å². The van der Waals surface area contributed by atoms with Crippen molar-refractivity contribution in [1.29, 1.82) is 0 Å². The van der Waals surface area contributed by atoms with Crippen LogP contribution in [0, 0.1) is 13.8 Å². The van der Waals surface area contributed by atoms with Crippen LogP contribution >= 0.6 is 0 Å². The highest BCUT2D eigenvalue weighted by Gasteiger charge is 2.18. The molecule has 0 aliphatic carbocycles. The first-order valence-electron chi connectivity index (χ1n) is 8.62. The van der Waals surface area contributed by atoms with Crippen LogP contribution in [0.15, 0.2) is 71.3 Å². The third kappa shape index (κ3) is 2.90. The predicted molar refractivity (Wildman–Crippen MR) is 104 cm³/mol. The summed E-state index contributed by atoms with van der Waals surface area (Å²) in [6.07, 6.45) is 1.65. The molecule has 4 aromatic rings. The van der Waals surface area contributed by atoms with Crippen molar-refractivity contribution in [2.24, 2.45) is 0 Å². The lowest BCUT2D eigenvalue weighted by Crippen LogP contribution is -2.18. The van der Waals surface area contributed by atoms with Crippen molar-refractivity contribution < 1.29 is 9.21 Å². The van der Waals surface area contributed by atoms with Gasteiger partial charge in [-0.15, -0.1) is 0 Å². The van der Waals surface area contributed by atoms with E-state index in [-0.39, 0.29) is 5.91 Å². The van der Waals surface area contributed by atoms with Crippen LogP contribution in [0.25, 0.3) is 11.1 Å². The van der Waals surface area contributed by atoms with E-state index < -0.39 is 0 Å². The molecule has 0 fully saturated rings. The van der Waals surface area contributed by atoms with Gasteiger partial charge in [-0.25, -0.2) is 0 Å². The molecule has 0 spiro atoms. The number of nitrogens with zero attached hydrogens (tertiary/aromatic N) is 1. The van der Waals surface area contributed by atoms with Gasteiger partial charge in [-0.05, 0) is 36.6 Å². The minimum absolute atomic E-state index is 0.140. The van der Waals surface area contributed by atoms with Gasteiger partial charge in [0.15, 0.2) is 5.58 Å². The van der Waals surface area contributed by atoms with Gasteiger partial charge < -0.3 is 14.3 Å². The number of carbonyl (C=O) groups excluding carboxylic acids is 1. The number of hydrogen-bond donors (Lipinski definition) is 1. The van der Waals surface area contributed by atoms with Crippen LogP contribution in [0.3, 0.4) is 0 Å². The number of furan rings is 1. The summed E-state index contributed by atoms with van der Waals surface area (Å²) in [6, 6.07) is 19.7. The fourth-order valence-corrected chi connectivity index (χ4v) is 3.19. The van der Waals surface area contributed by atoms with E-state index in [0.29, 0.717) is 17.8 Å². The molecule has 0 aliphatic heterocycles. The Morgan fingerprint density at radius 3 is 2.50 bits per heavy atom. The Hall–Kier alpha value is -3.27. The second kappa shape index (κ2) is 6.56. The fraction of sp³-hybridized carbons (Fsp3) is 0.136. The second-order valence-corrected chi connectivity index (χ2v) is 6.48. The molecular formula is C22H20N2O2. The number of hydrogen-bond acceptors (Lipinski definition) is 2. The summed E-state index contributed by atoms with van der Waals surface area (Å²) in [5.41, 5.74) is 6.45. The molecule has 4 heteroatoms. The second-order valence-electron chi connectivity index (χ2n) is 6.48. The largest absolute Gasteiger partial charge is 0.463 e. The molecule has 4 nitrogen and oxygen atoms in total. The smallest absolute Gasteiger partial charge is 0.272 e. The summed E-state index contributed by atoms with van der Waals surface area (Å²) in [5, 5.41) is 3.02. The number of rotatable bonds is 4. The highest BCUT2D eigenvalue weighted by atomic mass is 16.3. The van der Waals surface area contributed by atoms with Crippen LogP contribution in [0.1, 0.15) is 27.2 Å². The monoisotopic (exact) mass is 344 g/mol. The first-order chi connectivity index (χ1) is 12.6.